The van der Waals surface area contributed by atoms with Crippen LogP contribution in [0, 0.1) is 0 Å². The molecule has 0 aliphatic carbocycles. The zero-order valence-electron chi connectivity index (χ0n) is 14.7. The number of carbonyl (C=O) groups excluding carboxylic acids is 2. The fourth-order valence-electron chi connectivity index (χ4n) is 1.79. The van der Waals surface area contributed by atoms with Crippen LogP contribution in [-0.2, 0) is 9.53 Å². The Balaban J connectivity index is 4.89. The van der Waals surface area contributed by atoms with Gasteiger partial charge in [-0.15, -0.1) is 0 Å². The van der Waals surface area contributed by atoms with Crippen LogP contribution >= 0.6 is 0 Å². The molecular weight excluding hydrogens is 278 g/mol. The van der Waals surface area contributed by atoms with Crippen LogP contribution in [0.5, 0.6) is 0 Å². The number of allylic oxidation sites excluding steroid dienone is 5. The van der Waals surface area contributed by atoms with E-state index in [1.807, 2.05) is 53.7 Å². The van der Waals surface area contributed by atoms with E-state index in [4.69, 9.17) is 4.74 Å². The highest BCUT2D eigenvalue weighted by Gasteiger charge is 2.25. The summed E-state index contributed by atoms with van der Waals surface area (Å²) >= 11 is 0. The molecule has 0 atom stereocenters. The van der Waals surface area contributed by atoms with Gasteiger partial charge < -0.3 is 4.74 Å². The van der Waals surface area contributed by atoms with Gasteiger partial charge in [0.1, 0.15) is 5.60 Å². The number of nitrogens with zero attached hydrogens (tertiary/aromatic N) is 1. The van der Waals surface area contributed by atoms with Crippen molar-refractivity contribution in [3.63, 3.8) is 0 Å². The third-order valence-corrected chi connectivity index (χ3v) is 2.71. The molecule has 0 spiro atoms. The Morgan fingerprint density at radius 2 is 1.86 bits per heavy atom. The van der Waals surface area contributed by atoms with Crippen LogP contribution in [0.4, 0.5) is 4.79 Å². The van der Waals surface area contributed by atoms with E-state index in [-0.39, 0.29) is 24.8 Å². The van der Waals surface area contributed by atoms with Gasteiger partial charge in [0.05, 0.1) is 6.54 Å². The Hall–Kier alpha value is -1.84. The second-order valence-electron chi connectivity index (χ2n) is 6.39. The Labute approximate surface area is 134 Å². The van der Waals surface area contributed by atoms with Crippen LogP contribution < -0.4 is 0 Å². The first-order valence-electron chi connectivity index (χ1n) is 7.56. The first-order valence-corrected chi connectivity index (χ1v) is 7.56. The van der Waals surface area contributed by atoms with Crippen LogP contribution in [0.3, 0.4) is 0 Å². The van der Waals surface area contributed by atoms with E-state index in [1.54, 1.807) is 12.2 Å². The van der Waals surface area contributed by atoms with Crippen molar-refractivity contribution in [2.75, 3.05) is 6.54 Å². The normalized spacial score (nSPS) is 12.6. The van der Waals surface area contributed by atoms with Gasteiger partial charge in [-0.1, -0.05) is 30.9 Å². The van der Waals surface area contributed by atoms with Crippen molar-refractivity contribution in [1.29, 1.82) is 0 Å². The van der Waals surface area contributed by atoms with Gasteiger partial charge in [0, 0.05) is 12.5 Å². The summed E-state index contributed by atoms with van der Waals surface area (Å²) in [6, 6.07) is -0.104. The summed E-state index contributed by atoms with van der Waals surface area (Å²) in [6.45, 7) is 14.7. The van der Waals surface area contributed by atoms with E-state index in [2.05, 4.69) is 6.58 Å². The molecule has 0 radical (unpaired) electrons. The predicted molar refractivity (Wildman–Crippen MR) is 90.8 cm³/mol. The highest BCUT2D eigenvalue weighted by atomic mass is 16.6. The van der Waals surface area contributed by atoms with Crippen molar-refractivity contribution in [1.82, 2.24) is 4.90 Å². The molecule has 0 aromatic heterocycles. The maximum absolute atomic E-state index is 12.2. The van der Waals surface area contributed by atoms with Crippen LogP contribution in [0.25, 0.3) is 0 Å². The number of ketones is 1. The largest absolute Gasteiger partial charge is 0.444 e. The summed E-state index contributed by atoms with van der Waals surface area (Å²) < 4.78 is 5.35. The van der Waals surface area contributed by atoms with Crippen LogP contribution in [0.2, 0.25) is 0 Å². The number of hydrogen-bond donors (Lipinski definition) is 0. The first kappa shape index (κ1) is 20.2. The highest BCUT2D eigenvalue weighted by Crippen LogP contribution is 2.13. The summed E-state index contributed by atoms with van der Waals surface area (Å²) in [5.41, 5.74) is 0.293. The van der Waals surface area contributed by atoms with Crippen LogP contribution in [-0.4, -0.2) is 35.0 Å². The van der Waals surface area contributed by atoms with Crippen molar-refractivity contribution >= 4 is 11.9 Å². The van der Waals surface area contributed by atoms with E-state index in [0.29, 0.717) is 0 Å². The van der Waals surface area contributed by atoms with Gasteiger partial charge in [-0.05, 0) is 47.1 Å². The fraction of sp³-hybridized carbons (Fsp3) is 0.556. The number of carbonyl (C=O) groups is 2. The molecular formula is C18H29NO3. The van der Waals surface area contributed by atoms with E-state index in [1.165, 1.54) is 4.90 Å². The third kappa shape index (κ3) is 8.45. The zero-order valence-corrected chi connectivity index (χ0v) is 14.7. The molecule has 0 aromatic carbocycles. The molecule has 0 aromatic rings. The monoisotopic (exact) mass is 307 g/mol. The zero-order chi connectivity index (χ0) is 17.3. The molecule has 0 rings (SSSR count). The van der Waals surface area contributed by atoms with Gasteiger partial charge in [0.15, 0.2) is 5.78 Å². The molecule has 0 saturated heterocycles. The summed E-state index contributed by atoms with van der Waals surface area (Å²) in [5.74, 6) is -0.0363. The first-order chi connectivity index (χ1) is 10.1. The van der Waals surface area contributed by atoms with Gasteiger partial charge in [0.25, 0.3) is 0 Å². The molecule has 0 saturated carbocycles. The predicted octanol–water partition coefficient (Wildman–Crippen LogP) is 4.28. The van der Waals surface area contributed by atoms with Gasteiger partial charge in [0.2, 0.25) is 0 Å². The molecule has 0 heterocycles. The Morgan fingerprint density at radius 1 is 1.27 bits per heavy atom. The van der Waals surface area contributed by atoms with E-state index >= 15 is 0 Å². The summed E-state index contributed by atoms with van der Waals surface area (Å²) in [4.78, 5) is 25.9. The molecule has 0 aliphatic rings. The van der Waals surface area contributed by atoms with Crippen molar-refractivity contribution in [2.24, 2.45) is 0 Å². The molecule has 0 N–H and O–H groups in total. The van der Waals surface area contributed by atoms with Crippen LogP contribution in [0.1, 0.15) is 48.0 Å². The van der Waals surface area contributed by atoms with Gasteiger partial charge in [-0.3, -0.25) is 9.69 Å². The van der Waals surface area contributed by atoms with E-state index in [9.17, 15) is 9.59 Å². The Kier molecular flexibility index (Phi) is 8.46. The van der Waals surface area contributed by atoms with Gasteiger partial charge in [-0.2, -0.15) is 0 Å². The standard InChI is InChI=1S/C18H29NO3/c1-8-10-15(11-9-2)12-16(20)13-19(14(3)4)17(21)22-18(5,6)7/h8-11,14H,1,12-13H2,2-7H3/b11-9-,15-10+. The number of hydrogen-bond acceptors (Lipinski definition) is 3. The summed E-state index contributed by atoms with van der Waals surface area (Å²) in [5, 5.41) is 0. The molecule has 0 aliphatic heterocycles. The third-order valence-electron chi connectivity index (χ3n) is 2.71. The van der Waals surface area contributed by atoms with E-state index < -0.39 is 11.7 Å². The van der Waals surface area contributed by atoms with Crippen LogP contribution in [0.15, 0.2) is 36.5 Å². The number of Topliss-reactive ketones (excluding diaryl/α,β-unsaturated/α-hetero) is 1. The molecule has 0 bridgehead atoms. The quantitative estimate of drug-likeness (QED) is 0.659. The van der Waals surface area contributed by atoms with Crippen molar-refractivity contribution in [3.05, 3.63) is 36.5 Å². The number of rotatable bonds is 7. The lowest BCUT2D eigenvalue weighted by molar-refractivity contribution is -0.120. The molecule has 0 fully saturated rings. The molecule has 1 amide bonds. The molecule has 22 heavy (non-hydrogen) atoms. The maximum Gasteiger partial charge on any atom is 0.410 e. The molecule has 124 valence electrons. The highest BCUT2D eigenvalue weighted by molar-refractivity contribution is 5.86. The number of amides is 1. The lowest BCUT2D eigenvalue weighted by Gasteiger charge is -2.29. The minimum Gasteiger partial charge on any atom is -0.444 e. The Bertz CT molecular complexity index is 453. The number of ether oxygens (including phenoxy) is 1. The summed E-state index contributed by atoms with van der Waals surface area (Å²) in [7, 11) is 0. The average Bonchev–Trinajstić information content (AvgIpc) is 2.33. The van der Waals surface area contributed by atoms with Crippen molar-refractivity contribution < 1.29 is 14.3 Å². The van der Waals surface area contributed by atoms with Crippen molar-refractivity contribution in [3.8, 4) is 0 Å². The second-order valence-corrected chi connectivity index (χ2v) is 6.39. The molecule has 4 nitrogen and oxygen atoms in total. The fourth-order valence-corrected chi connectivity index (χ4v) is 1.79. The lowest BCUT2D eigenvalue weighted by atomic mass is 10.1. The van der Waals surface area contributed by atoms with Gasteiger partial charge in [-0.25, -0.2) is 4.79 Å². The minimum absolute atomic E-state index is 0.0363. The average molecular weight is 307 g/mol. The molecule has 4 heteroatoms. The Morgan fingerprint density at radius 3 is 2.27 bits per heavy atom. The summed E-state index contributed by atoms with van der Waals surface area (Å²) in [6.07, 6.45) is 6.99. The minimum atomic E-state index is -0.577. The van der Waals surface area contributed by atoms with Gasteiger partial charge >= 0.3 is 6.09 Å². The lowest BCUT2D eigenvalue weighted by Crippen LogP contribution is -2.43. The molecule has 0 unspecified atom stereocenters. The maximum atomic E-state index is 12.2. The van der Waals surface area contributed by atoms with Crippen molar-refractivity contribution in [2.45, 2.75) is 59.6 Å². The smallest absolute Gasteiger partial charge is 0.410 e. The SMILES string of the molecule is C=C/C=C(\C=C/C)CC(=O)CN(C(=O)OC(C)(C)C)C(C)C. The second kappa shape index (κ2) is 9.23. The topological polar surface area (TPSA) is 46.6 Å². The van der Waals surface area contributed by atoms with E-state index in [0.717, 1.165) is 5.57 Å².